The largest absolute Gasteiger partial charge is 0.456 e. The first kappa shape index (κ1) is 22.0. The molecule has 0 aliphatic carbocycles. The zero-order chi connectivity index (χ0) is 23.5. The molecule has 0 amide bonds. The lowest BCUT2D eigenvalue weighted by atomic mass is 10.2. The number of esters is 1. The number of ether oxygens (including phenoxy) is 2. The van der Waals surface area contributed by atoms with E-state index in [0.29, 0.717) is 11.3 Å². The van der Waals surface area contributed by atoms with Crippen molar-refractivity contribution in [2.75, 3.05) is 0 Å². The zero-order valence-corrected chi connectivity index (χ0v) is 18.0. The van der Waals surface area contributed by atoms with Crippen LogP contribution in [0.1, 0.15) is 21.6 Å². The van der Waals surface area contributed by atoms with E-state index in [2.05, 4.69) is 4.98 Å². The second kappa shape index (κ2) is 9.09. The number of benzene rings is 2. The van der Waals surface area contributed by atoms with E-state index in [1.807, 2.05) is 6.92 Å². The molecule has 0 saturated carbocycles. The highest BCUT2D eigenvalue weighted by atomic mass is 35.5. The van der Waals surface area contributed by atoms with Gasteiger partial charge in [-0.3, -0.25) is 19.3 Å². The molecule has 2 aromatic carbocycles. The molecule has 0 fully saturated rings. The molecule has 33 heavy (non-hydrogen) atoms. The van der Waals surface area contributed by atoms with Crippen LogP contribution in [-0.4, -0.2) is 20.3 Å². The van der Waals surface area contributed by atoms with E-state index in [1.54, 1.807) is 18.3 Å². The van der Waals surface area contributed by atoms with E-state index in [4.69, 9.17) is 21.1 Å². The van der Waals surface area contributed by atoms with Crippen LogP contribution in [0.25, 0.3) is 5.65 Å². The molecular weight excluding hydrogens is 450 g/mol. The Morgan fingerprint density at radius 2 is 1.88 bits per heavy atom. The monoisotopic (exact) mass is 465 g/mol. The highest BCUT2D eigenvalue weighted by molar-refractivity contribution is 6.30. The highest BCUT2D eigenvalue weighted by Gasteiger charge is 2.17. The van der Waals surface area contributed by atoms with Gasteiger partial charge in [0.15, 0.2) is 0 Å². The number of aromatic nitrogens is 2. The van der Waals surface area contributed by atoms with Crippen LogP contribution in [0.3, 0.4) is 0 Å². The molecule has 0 aliphatic rings. The summed E-state index contributed by atoms with van der Waals surface area (Å²) in [4.78, 5) is 39.6. The Morgan fingerprint density at radius 1 is 1.12 bits per heavy atom. The molecule has 0 aliphatic heterocycles. The molecule has 4 aromatic rings. The normalized spacial score (nSPS) is 10.7. The molecule has 0 radical (unpaired) electrons. The lowest BCUT2D eigenvalue weighted by Crippen LogP contribution is -2.16. The number of hydrogen-bond donors (Lipinski definition) is 0. The van der Waals surface area contributed by atoms with E-state index < -0.39 is 10.9 Å². The van der Waals surface area contributed by atoms with Crippen LogP contribution in [0.5, 0.6) is 11.5 Å². The van der Waals surface area contributed by atoms with Crippen LogP contribution in [0.4, 0.5) is 5.69 Å². The Hall–Kier alpha value is -4.24. The minimum absolute atomic E-state index is 0.0172. The van der Waals surface area contributed by atoms with Crippen molar-refractivity contribution < 1.29 is 19.2 Å². The van der Waals surface area contributed by atoms with Crippen molar-refractivity contribution in [1.82, 2.24) is 9.38 Å². The van der Waals surface area contributed by atoms with Crippen LogP contribution in [0.2, 0.25) is 5.02 Å². The van der Waals surface area contributed by atoms with Gasteiger partial charge in [-0.25, -0.2) is 9.78 Å². The molecule has 0 N–H and O–H groups in total. The Kier molecular flexibility index (Phi) is 6.05. The first-order chi connectivity index (χ1) is 15.8. The summed E-state index contributed by atoms with van der Waals surface area (Å²) in [5, 5.41) is 11.4. The minimum atomic E-state index is -0.620. The van der Waals surface area contributed by atoms with Crippen molar-refractivity contribution >= 4 is 28.9 Å². The van der Waals surface area contributed by atoms with Gasteiger partial charge in [0, 0.05) is 23.4 Å². The van der Waals surface area contributed by atoms with Crippen molar-refractivity contribution in [3.8, 4) is 11.5 Å². The Labute approximate surface area is 191 Å². The van der Waals surface area contributed by atoms with Crippen molar-refractivity contribution in [2.45, 2.75) is 13.5 Å². The quantitative estimate of drug-likeness (QED) is 0.230. The van der Waals surface area contributed by atoms with Crippen molar-refractivity contribution in [3.63, 3.8) is 0 Å². The molecule has 0 bridgehead atoms. The summed E-state index contributed by atoms with van der Waals surface area (Å²) < 4.78 is 12.2. The summed E-state index contributed by atoms with van der Waals surface area (Å²) in [5.41, 5.74) is 1.42. The summed E-state index contributed by atoms with van der Waals surface area (Å²) in [6.07, 6.45) is 1.64. The number of rotatable bonds is 6. The molecule has 166 valence electrons. The first-order valence-corrected chi connectivity index (χ1v) is 10.1. The van der Waals surface area contributed by atoms with Crippen LogP contribution in [-0.2, 0) is 11.3 Å². The van der Waals surface area contributed by atoms with Crippen molar-refractivity contribution in [3.05, 3.63) is 109 Å². The van der Waals surface area contributed by atoms with E-state index >= 15 is 0 Å². The molecule has 4 rings (SSSR count). The zero-order valence-electron chi connectivity index (χ0n) is 17.2. The Balaban J connectivity index is 1.45. The summed E-state index contributed by atoms with van der Waals surface area (Å²) in [5.74, 6) is -0.314. The summed E-state index contributed by atoms with van der Waals surface area (Å²) in [7, 11) is 0. The average Bonchev–Trinajstić information content (AvgIpc) is 2.78. The van der Waals surface area contributed by atoms with Crippen LogP contribution >= 0.6 is 11.6 Å². The van der Waals surface area contributed by atoms with Gasteiger partial charge in [0.2, 0.25) is 5.75 Å². The minimum Gasteiger partial charge on any atom is -0.456 e. The number of nitro groups is 1. The van der Waals surface area contributed by atoms with Crippen LogP contribution < -0.4 is 10.3 Å². The molecule has 0 saturated heterocycles. The molecular formula is C23H16ClN3O6. The molecule has 0 atom stereocenters. The molecule has 0 spiro atoms. The van der Waals surface area contributed by atoms with Gasteiger partial charge in [0.05, 0.1) is 16.2 Å². The van der Waals surface area contributed by atoms with Crippen molar-refractivity contribution in [1.29, 1.82) is 0 Å². The SMILES string of the molecule is Cc1ccn2c(=O)cc(COC(=O)c3ccc(Oc4ccc(Cl)cc4[N+](=O)[O-])cc3)nc2c1. The third-order valence-electron chi connectivity index (χ3n) is 4.66. The second-order valence-corrected chi connectivity index (χ2v) is 7.53. The number of nitro benzene ring substituents is 1. The molecule has 2 heterocycles. The lowest BCUT2D eigenvalue weighted by Gasteiger charge is -2.08. The predicted octanol–water partition coefficient (Wildman–Crippen LogP) is 4.71. The first-order valence-electron chi connectivity index (χ1n) is 9.68. The number of hydrogen-bond acceptors (Lipinski definition) is 7. The van der Waals surface area contributed by atoms with Crippen LogP contribution in [0.15, 0.2) is 71.7 Å². The lowest BCUT2D eigenvalue weighted by molar-refractivity contribution is -0.385. The molecule has 9 nitrogen and oxygen atoms in total. The standard InChI is InChI=1S/C23H16ClN3O6/c1-14-8-9-26-21(10-14)25-17(12-22(26)28)13-32-23(29)15-2-5-18(6-3-15)33-20-7-4-16(24)11-19(20)27(30)31/h2-12H,13H2,1H3. The highest BCUT2D eigenvalue weighted by Crippen LogP contribution is 2.33. The van der Waals surface area contributed by atoms with Gasteiger partial charge < -0.3 is 9.47 Å². The topological polar surface area (TPSA) is 113 Å². The Morgan fingerprint density at radius 3 is 2.61 bits per heavy atom. The van der Waals surface area contributed by atoms with E-state index in [-0.39, 0.29) is 39.9 Å². The number of fused-ring (bicyclic) bond motifs is 1. The summed E-state index contributed by atoms with van der Waals surface area (Å²) in [6.45, 7) is 1.71. The number of halogens is 1. The number of aryl methyl sites for hydroxylation is 1. The van der Waals surface area contributed by atoms with Crippen LogP contribution in [0, 0.1) is 17.0 Å². The van der Waals surface area contributed by atoms with Crippen molar-refractivity contribution in [2.24, 2.45) is 0 Å². The maximum absolute atomic E-state index is 12.4. The predicted molar refractivity (Wildman–Crippen MR) is 120 cm³/mol. The number of pyridine rings is 1. The van der Waals surface area contributed by atoms with Gasteiger partial charge in [0.1, 0.15) is 18.0 Å². The Bertz CT molecular complexity index is 1430. The fourth-order valence-electron chi connectivity index (χ4n) is 3.06. The number of nitrogens with zero attached hydrogens (tertiary/aromatic N) is 3. The van der Waals surface area contributed by atoms with Gasteiger partial charge in [-0.1, -0.05) is 11.6 Å². The van der Waals surface area contributed by atoms with E-state index in [9.17, 15) is 19.7 Å². The summed E-state index contributed by atoms with van der Waals surface area (Å²) in [6, 6.07) is 14.8. The van der Waals surface area contributed by atoms with Gasteiger partial charge in [0.25, 0.3) is 5.56 Å². The third-order valence-corrected chi connectivity index (χ3v) is 4.90. The third kappa shape index (κ3) is 4.99. The maximum atomic E-state index is 12.4. The molecule has 2 aromatic heterocycles. The van der Waals surface area contributed by atoms with Gasteiger partial charge in [-0.05, 0) is 61.0 Å². The molecule has 0 unspecified atom stereocenters. The van der Waals surface area contributed by atoms with Gasteiger partial charge in [-0.15, -0.1) is 0 Å². The number of carbonyl (C=O) groups is 1. The summed E-state index contributed by atoms with van der Waals surface area (Å²) >= 11 is 5.80. The van der Waals surface area contributed by atoms with E-state index in [1.165, 1.54) is 52.9 Å². The van der Waals surface area contributed by atoms with Gasteiger partial charge >= 0.3 is 11.7 Å². The fourth-order valence-corrected chi connectivity index (χ4v) is 3.22. The van der Waals surface area contributed by atoms with E-state index in [0.717, 1.165) is 5.56 Å². The molecule has 10 heteroatoms. The smallest absolute Gasteiger partial charge is 0.338 e. The second-order valence-electron chi connectivity index (χ2n) is 7.09. The maximum Gasteiger partial charge on any atom is 0.338 e. The van der Waals surface area contributed by atoms with Gasteiger partial charge in [-0.2, -0.15) is 0 Å². The number of carbonyl (C=O) groups excluding carboxylic acids is 1. The average molecular weight is 466 g/mol. The fraction of sp³-hybridized carbons (Fsp3) is 0.0870.